The zero-order chi connectivity index (χ0) is 22.0. The van der Waals surface area contributed by atoms with E-state index in [0.717, 1.165) is 51.5 Å². The van der Waals surface area contributed by atoms with Crippen molar-refractivity contribution >= 4 is 5.96 Å². The summed E-state index contributed by atoms with van der Waals surface area (Å²) < 4.78 is 0. The van der Waals surface area contributed by atoms with E-state index in [1.54, 1.807) is 0 Å². The lowest BCUT2D eigenvalue weighted by molar-refractivity contribution is 0.198. The number of nitrogens with one attached hydrogen (secondary N) is 2. The number of guanidine groups is 1. The Hall–Kier alpha value is -2.37. The van der Waals surface area contributed by atoms with Gasteiger partial charge in [0.25, 0.3) is 0 Å². The average Bonchev–Trinajstić information content (AvgIpc) is 2.85. The van der Waals surface area contributed by atoms with Gasteiger partial charge >= 0.3 is 0 Å². The standard InChI is InChI=1S/C27H39N5/c1-28-27(30-26-14-18-32(19-15-26)21-24-8-4-2-5-9-24)29-20-23-10-12-25(13-11-23)22-31-16-6-3-7-17-31/h2,4-5,8-13,26H,3,6-7,14-22H2,1H3,(H2,28,29,30). The quantitative estimate of drug-likeness (QED) is 0.512. The first-order valence-electron chi connectivity index (χ1n) is 12.3. The van der Waals surface area contributed by atoms with Crippen molar-refractivity contribution in [3.63, 3.8) is 0 Å². The van der Waals surface area contributed by atoms with E-state index in [-0.39, 0.29) is 0 Å². The Bertz CT molecular complexity index is 819. The fraction of sp³-hybridized carbons (Fsp3) is 0.519. The van der Waals surface area contributed by atoms with Crippen molar-refractivity contribution < 1.29 is 0 Å². The molecule has 0 aromatic heterocycles. The number of hydrogen-bond donors (Lipinski definition) is 2. The number of aliphatic imine (C=N–C) groups is 1. The fourth-order valence-electron chi connectivity index (χ4n) is 4.79. The Morgan fingerprint density at radius 3 is 2.03 bits per heavy atom. The average molecular weight is 434 g/mol. The van der Waals surface area contributed by atoms with E-state index < -0.39 is 0 Å². The lowest BCUT2D eigenvalue weighted by Crippen LogP contribution is -2.48. The molecule has 172 valence electrons. The molecule has 2 aliphatic heterocycles. The third-order valence-corrected chi connectivity index (χ3v) is 6.74. The summed E-state index contributed by atoms with van der Waals surface area (Å²) in [4.78, 5) is 9.58. The minimum atomic E-state index is 0.486. The van der Waals surface area contributed by atoms with Crippen molar-refractivity contribution in [3.8, 4) is 0 Å². The Labute approximate surface area is 193 Å². The number of benzene rings is 2. The van der Waals surface area contributed by atoms with Gasteiger partial charge in [0, 0.05) is 45.8 Å². The van der Waals surface area contributed by atoms with E-state index in [1.807, 2.05) is 7.05 Å². The second-order valence-corrected chi connectivity index (χ2v) is 9.26. The molecule has 0 unspecified atom stereocenters. The van der Waals surface area contributed by atoms with E-state index in [0.29, 0.717) is 6.04 Å². The van der Waals surface area contributed by atoms with Gasteiger partial charge in [-0.15, -0.1) is 0 Å². The van der Waals surface area contributed by atoms with Crippen LogP contribution in [0.3, 0.4) is 0 Å². The van der Waals surface area contributed by atoms with Crippen molar-refractivity contribution in [2.24, 2.45) is 4.99 Å². The van der Waals surface area contributed by atoms with Crippen LogP contribution in [0.5, 0.6) is 0 Å². The molecule has 2 aromatic carbocycles. The lowest BCUT2D eigenvalue weighted by atomic mass is 10.0. The SMILES string of the molecule is CN=C(NCc1ccc(CN2CCCCC2)cc1)NC1CCN(Cc2ccccc2)CC1. The van der Waals surface area contributed by atoms with Crippen LogP contribution in [0.2, 0.25) is 0 Å². The molecule has 4 rings (SSSR count). The molecule has 2 saturated heterocycles. The van der Waals surface area contributed by atoms with Crippen LogP contribution in [-0.2, 0) is 19.6 Å². The molecule has 2 N–H and O–H groups in total. The number of piperidine rings is 2. The summed E-state index contributed by atoms with van der Waals surface area (Å²) in [5.41, 5.74) is 4.12. The molecule has 2 aliphatic rings. The number of rotatable bonds is 7. The molecule has 32 heavy (non-hydrogen) atoms. The third-order valence-electron chi connectivity index (χ3n) is 6.74. The molecule has 0 aliphatic carbocycles. The minimum absolute atomic E-state index is 0.486. The van der Waals surface area contributed by atoms with Crippen molar-refractivity contribution in [1.82, 2.24) is 20.4 Å². The Balaban J connectivity index is 1.17. The molecule has 0 bridgehead atoms. The predicted molar refractivity (Wildman–Crippen MR) is 134 cm³/mol. The first-order chi connectivity index (χ1) is 15.8. The zero-order valence-electron chi connectivity index (χ0n) is 19.6. The maximum absolute atomic E-state index is 4.45. The summed E-state index contributed by atoms with van der Waals surface area (Å²) in [6.07, 6.45) is 6.39. The first-order valence-corrected chi connectivity index (χ1v) is 12.3. The summed E-state index contributed by atoms with van der Waals surface area (Å²) in [6.45, 7) is 7.68. The van der Waals surface area contributed by atoms with Crippen LogP contribution < -0.4 is 10.6 Å². The monoisotopic (exact) mass is 433 g/mol. The molecule has 5 nitrogen and oxygen atoms in total. The van der Waals surface area contributed by atoms with Gasteiger partial charge in [-0.3, -0.25) is 14.8 Å². The molecule has 0 radical (unpaired) electrons. The van der Waals surface area contributed by atoms with Gasteiger partial charge in [0.2, 0.25) is 0 Å². The Morgan fingerprint density at radius 2 is 1.38 bits per heavy atom. The van der Waals surface area contributed by atoms with Crippen LogP contribution in [0.15, 0.2) is 59.6 Å². The molecule has 2 aromatic rings. The van der Waals surface area contributed by atoms with Crippen molar-refractivity contribution in [3.05, 3.63) is 71.3 Å². The van der Waals surface area contributed by atoms with E-state index in [1.165, 1.54) is 49.0 Å². The maximum Gasteiger partial charge on any atom is 0.191 e. The van der Waals surface area contributed by atoms with E-state index in [9.17, 15) is 0 Å². The van der Waals surface area contributed by atoms with Crippen LogP contribution in [0.4, 0.5) is 0 Å². The highest BCUT2D eigenvalue weighted by molar-refractivity contribution is 5.79. The topological polar surface area (TPSA) is 42.9 Å². The second kappa shape index (κ2) is 12.0. The molecular weight excluding hydrogens is 394 g/mol. The number of likely N-dealkylation sites (tertiary alicyclic amines) is 2. The van der Waals surface area contributed by atoms with Gasteiger partial charge in [0.15, 0.2) is 5.96 Å². The highest BCUT2D eigenvalue weighted by Gasteiger charge is 2.20. The molecule has 5 heteroatoms. The summed E-state index contributed by atoms with van der Waals surface area (Å²) >= 11 is 0. The van der Waals surface area contributed by atoms with Crippen LogP contribution in [0, 0.1) is 0 Å². The van der Waals surface area contributed by atoms with Crippen LogP contribution in [0.25, 0.3) is 0 Å². The van der Waals surface area contributed by atoms with E-state index in [4.69, 9.17) is 0 Å². The van der Waals surface area contributed by atoms with Gasteiger partial charge in [0.1, 0.15) is 0 Å². The second-order valence-electron chi connectivity index (χ2n) is 9.26. The highest BCUT2D eigenvalue weighted by atomic mass is 15.2. The number of hydrogen-bond acceptors (Lipinski definition) is 3. The molecule has 0 spiro atoms. The largest absolute Gasteiger partial charge is 0.354 e. The van der Waals surface area contributed by atoms with Gasteiger partial charge in [0.05, 0.1) is 0 Å². The van der Waals surface area contributed by atoms with Gasteiger partial charge in [-0.2, -0.15) is 0 Å². The minimum Gasteiger partial charge on any atom is -0.354 e. The molecule has 2 fully saturated rings. The summed E-state index contributed by atoms with van der Waals surface area (Å²) in [5.74, 6) is 0.906. The fourth-order valence-corrected chi connectivity index (χ4v) is 4.79. The predicted octanol–water partition coefficient (Wildman–Crippen LogP) is 4.00. The van der Waals surface area contributed by atoms with Crippen molar-refractivity contribution in [2.75, 3.05) is 33.2 Å². The first kappa shape index (κ1) is 22.8. The van der Waals surface area contributed by atoms with Crippen LogP contribution in [0.1, 0.15) is 48.8 Å². The summed E-state index contributed by atoms with van der Waals surface area (Å²) in [5, 5.41) is 7.13. The smallest absolute Gasteiger partial charge is 0.191 e. The molecular formula is C27H39N5. The summed E-state index contributed by atoms with van der Waals surface area (Å²) in [7, 11) is 1.86. The molecule has 0 amide bonds. The van der Waals surface area contributed by atoms with Gasteiger partial charge in [-0.05, 0) is 55.5 Å². The zero-order valence-corrected chi connectivity index (χ0v) is 19.6. The third kappa shape index (κ3) is 7.07. The molecule has 2 heterocycles. The normalized spacial score (nSPS) is 19.1. The van der Waals surface area contributed by atoms with Crippen LogP contribution >= 0.6 is 0 Å². The van der Waals surface area contributed by atoms with E-state index in [2.05, 4.69) is 80.0 Å². The van der Waals surface area contributed by atoms with Gasteiger partial charge < -0.3 is 10.6 Å². The van der Waals surface area contributed by atoms with E-state index >= 15 is 0 Å². The maximum atomic E-state index is 4.45. The van der Waals surface area contributed by atoms with Crippen LogP contribution in [-0.4, -0.2) is 55.0 Å². The van der Waals surface area contributed by atoms with Crippen molar-refractivity contribution in [2.45, 2.75) is 57.8 Å². The Morgan fingerprint density at radius 1 is 0.781 bits per heavy atom. The van der Waals surface area contributed by atoms with Gasteiger partial charge in [-0.1, -0.05) is 61.0 Å². The van der Waals surface area contributed by atoms with Gasteiger partial charge in [-0.25, -0.2) is 0 Å². The molecule has 0 atom stereocenters. The lowest BCUT2D eigenvalue weighted by Gasteiger charge is -2.33. The Kier molecular flexibility index (Phi) is 8.57. The van der Waals surface area contributed by atoms with Crippen molar-refractivity contribution in [1.29, 1.82) is 0 Å². The molecule has 0 saturated carbocycles. The summed E-state index contributed by atoms with van der Waals surface area (Å²) in [6, 6.07) is 20.3. The highest BCUT2D eigenvalue weighted by Crippen LogP contribution is 2.15. The number of nitrogens with zero attached hydrogens (tertiary/aromatic N) is 3.